The molecule has 0 unspecified atom stereocenters. The number of carbonyl (C=O) groups excluding carboxylic acids is 1. The molecule has 0 saturated heterocycles. The van der Waals surface area contributed by atoms with Crippen LogP contribution in [0.5, 0.6) is 5.75 Å². The van der Waals surface area contributed by atoms with Crippen LogP contribution < -0.4 is 9.64 Å². The van der Waals surface area contributed by atoms with Gasteiger partial charge in [-0.2, -0.15) is 0 Å². The quantitative estimate of drug-likeness (QED) is 0.767. The molecule has 0 atom stereocenters. The van der Waals surface area contributed by atoms with E-state index in [-0.39, 0.29) is 12.3 Å². The summed E-state index contributed by atoms with van der Waals surface area (Å²) in [6.07, 6.45) is 0. The minimum Gasteiger partial charge on any atom is -0.495 e. The maximum Gasteiger partial charge on any atom is 0.182 e. The van der Waals surface area contributed by atoms with Gasteiger partial charge in [-0.3, -0.25) is 4.79 Å². The lowest BCUT2D eigenvalue weighted by Crippen LogP contribution is -2.26. The summed E-state index contributed by atoms with van der Waals surface area (Å²) in [6.45, 7) is 0.221. The first kappa shape index (κ1) is 15.7. The average molecular weight is 324 g/mol. The molecule has 3 nitrogen and oxygen atoms in total. The molecular formula is C16H15Cl2NO2. The Bertz CT molecular complexity index is 658. The number of likely N-dealkylation sites (N-methyl/N-ethyl adjacent to an activating group) is 1. The Morgan fingerprint density at radius 1 is 1.14 bits per heavy atom. The van der Waals surface area contributed by atoms with Crippen LogP contribution in [0.25, 0.3) is 0 Å². The zero-order valence-corrected chi connectivity index (χ0v) is 13.3. The molecule has 21 heavy (non-hydrogen) atoms. The molecule has 0 amide bonds. The Labute approximate surface area is 134 Å². The van der Waals surface area contributed by atoms with Crippen LogP contribution >= 0.6 is 23.2 Å². The summed E-state index contributed by atoms with van der Waals surface area (Å²) >= 11 is 11.8. The van der Waals surface area contributed by atoms with Gasteiger partial charge in [-0.15, -0.1) is 0 Å². The summed E-state index contributed by atoms with van der Waals surface area (Å²) in [6, 6.07) is 12.4. The molecule has 0 aliphatic heterocycles. The van der Waals surface area contributed by atoms with Gasteiger partial charge in [0.05, 0.1) is 29.4 Å². The topological polar surface area (TPSA) is 29.5 Å². The molecule has 0 fully saturated rings. The van der Waals surface area contributed by atoms with Gasteiger partial charge in [0.2, 0.25) is 0 Å². The molecule has 2 aromatic carbocycles. The van der Waals surface area contributed by atoms with Crippen LogP contribution in [0.2, 0.25) is 10.0 Å². The molecule has 0 saturated carbocycles. The number of rotatable bonds is 5. The predicted molar refractivity (Wildman–Crippen MR) is 87.1 cm³/mol. The number of methoxy groups -OCH3 is 1. The van der Waals surface area contributed by atoms with Gasteiger partial charge in [0, 0.05) is 12.6 Å². The van der Waals surface area contributed by atoms with E-state index in [0.717, 1.165) is 11.4 Å². The number of carbonyl (C=O) groups is 1. The van der Waals surface area contributed by atoms with Crippen LogP contribution in [0.1, 0.15) is 10.4 Å². The first-order valence-corrected chi connectivity index (χ1v) is 7.11. The number of ketones is 1. The predicted octanol–water partition coefficient (Wildman–Crippen LogP) is 4.32. The molecule has 0 spiro atoms. The molecule has 0 aliphatic carbocycles. The number of halogens is 2. The highest BCUT2D eigenvalue weighted by molar-refractivity contribution is 6.42. The highest BCUT2D eigenvalue weighted by Crippen LogP contribution is 2.27. The van der Waals surface area contributed by atoms with Crippen LogP contribution in [0.15, 0.2) is 42.5 Å². The summed E-state index contributed by atoms with van der Waals surface area (Å²) < 4.78 is 5.30. The average Bonchev–Trinajstić information content (AvgIpc) is 2.49. The van der Waals surface area contributed by atoms with Crippen LogP contribution in [0.4, 0.5) is 5.69 Å². The fourth-order valence-corrected chi connectivity index (χ4v) is 2.30. The van der Waals surface area contributed by atoms with E-state index in [2.05, 4.69) is 0 Å². The third-order valence-corrected chi connectivity index (χ3v) is 3.86. The molecular weight excluding hydrogens is 309 g/mol. The largest absolute Gasteiger partial charge is 0.495 e. The molecule has 0 bridgehead atoms. The Balaban J connectivity index is 2.16. The summed E-state index contributed by atoms with van der Waals surface area (Å²) in [5.41, 5.74) is 1.39. The van der Waals surface area contributed by atoms with E-state index >= 15 is 0 Å². The number of hydrogen-bond acceptors (Lipinski definition) is 3. The van der Waals surface area contributed by atoms with Crippen LogP contribution in [-0.4, -0.2) is 26.5 Å². The molecule has 110 valence electrons. The lowest BCUT2D eigenvalue weighted by molar-refractivity contribution is 0.100. The minimum atomic E-state index is -0.0398. The van der Waals surface area contributed by atoms with Crippen molar-refractivity contribution in [1.29, 1.82) is 0 Å². The second kappa shape index (κ2) is 6.83. The second-order valence-corrected chi connectivity index (χ2v) is 5.39. The smallest absolute Gasteiger partial charge is 0.182 e. The van der Waals surface area contributed by atoms with Crippen LogP contribution in [0.3, 0.4) is 0 Å². The normalized spacial score (nSPS) is 10.3. The summed E-state index contributed by atoms with van der Waals surface area (Å²) in [5.74, 6) is 0.684. The maximum absolute atomic E-state index is 12.3. The molecule has 2 rings (SSSR count). The van der Waals surface area contributed by atoms with Crippen molar-refractivity contribution in [2.24, 2.45) is 0 Å². The van der Waals surface area contributed by atoms with Gasteiger partial charge in [0.25, 0.3) is 0 Å². The number of Topliss-reactive ketones (excluding diaryl/α,β-unsaturated/α-hetero) is 1. The lowest BCUT2D eigenvalue weighted by Gasteiger charge is -2.21. The van der Waals surface area contributed by atoms with E-state index in [0.29, 0.717) is 15.6 Å². The van der Waals surface area contributed by atoms with E-state index in [1.165, 1.54) is 0 Å². The number of nitrogens with zero attached hydrogens (tertiary/aromatic N) is 1. The first-order chi connectivity index (χ1) is 10.0. The fourth-order valence-electron chi connectivity index (χ4n) is 2.01. The number of benzene rings is 2. The van der Waals surface area contributed by atoms with Crippen molar-refractivity contribution < 1.29 is 9.53 Å². The standard InChI is InChI=1S/C16H15Cl2NO2/c1-19(14-5-3-4-6-16(14)21-2)10-15(20)11-7-8-12(17)13(18)9-11/h3-9H,10H2,1-2H3. The summed E-state index contributed by atoms with van der Waals surface area (Å²) in [5, 5.41) is 0.814. The minimum absolute atomic E-state index is 0.0398. The highest BCUT2D eigenvalue weighted by atomic mass is 35.5. The number of hydrogen-bond donors (Lipinski definition) is 0. The Morgan fingerprint density at radius 3 is 2.52 bits per heavy atom. The van der Waals surface area contributed by atoms with Crippen molar-refractivity contribution in [3.8, 4) is 5.75 Å². The fraction of sp³-hybridized carbons (Fsp3) is 0.188. The van der Waals surface area contributed by atoms with Gasteiger partial charge in [-0.1, -0.05) is 35.3 Å². The number of ether oxygens (including phenoxy) is 1. The molecule has 0 aliphatic rings. The van der Waals surface area contributed by atoms with Gasteiger partial charge < -0.3 is 9.64 Å². The van der Waals surface area contributed by atoms with Crippen LogP contribution in [0, 0.1) is 0 Å². The molecule has 0 N–H and O–H groups in total. The SMILES string of the molecule is COc1ccccc1N(C)CC(=O)c1ccc(Cl)c(Cl)c1. The van der Waals surface area contributed by atoms with Gasteiger partial charge in [0.1, 0.15) is 5.75 Å². The van der Waals surface area contributed by atoms with Gasteiger partial charge in [-0.25, -0.2) is 0 Å². The number of para-hydroxylation sites is 2. The third kappa shape index (κ3) is 3.69. The zero-order valence-electron chi connectivity index (χ0n) is 11.8. The van der Waals surface area contributed by atoms with Crippen molar-refractivity contribution in [3.63, 3.8) is 0 Å². The van der Waals surface area contributed by atoms with Crippen molar-refractivity contribution in [3.05, 3.63) is 58.1 Å². The van der Waals surface area contributed by atoms with Crippen molar-refractivity contribution >= 4 is 34.7 Å². The van der Waals surface area contributed by atoms with Gasteiger partial charge >= 0.3 is 0 Å². The zero-order chi connectivity index (χ0) is 15.4. The first-order valence-electron chi connectivity index (χ1n) is 6.35. The van der Waals surface area contributed by atoms with Crippen molar-refractivity contribution in [1.82, 2.24) is 0 Å². The molecule has 5 heteroatoms. The van der Waals surface area contributed by atoms with E-state index in [1.807, 2.05) is 36.2 Å². The maximum atomic E-state index is 12.3. The second-order valence-electron chi connectivity index (χ2n) is 4.58. The Morgan fingerprint density at radius 2 is 1.86 bits per heavy atom. The van der Waals surface area contributed by atoms with E-state index in [4.69, 9.17) is 27.9 Å². The molecule has 0 aromatic heterocycles. The Kier molecular flexibility index (Phi) is 5.10. The van der Waals surface area contributed by atoms with E-state index in [9.17, 15) is 4.79 Å². The summed E-state index contributed by atoms with van der Waals surface area (Å²) in [7, 11) is 3.45. The molecule has 2 aromatic rings. The van der Waals surface area contributed by atoms with Gasteiger partial charge in [0.15, 0.2) is 5.78 Å². The third-order valence-electron chi connectivity index (χ3n) is 3.12. The van der Waals surface area contributed by atoms with Gasteiger partial charge in [-0.05, 0) is 30.3 Å². The monoisotopic (exact) mass is 323 g/mol. The van der Waals surface area contributed by atoms with Crippen molar-refractivity contribution in [2.45, 2.75) is 0 Å². The number of anilines is 1. The van der Waals surface area contributed by atoms with E-state index < -0.39 is 0 Å². The van der Waals surface area contributed by atoms with Crippen molar-refractivity contribution in [2.75, 3.05) is 25.6 Å². The molecule has 0 heterocycles. The lowest BCUT2D eigenvalue weighted by atomic mass is 10.1. The van der Waals surface area contributed by atoms with E-state index in [1.54, 1.807) is 25.3 Å². The van der Waals surface area contributed by atoms with Crippen LogP contribution in [-0.2, 0) is 0 Å². The Hall–Kier alpha value is -1.71. The molecule has 0 radical (unpaired) electrons. The highest BCUT2D eigenvalue weighted by Gasteiger charge is 2.14. The summed E-state index contributed by atoms with van der Waals surface area (Å²) in [4.78, 5) is 14.1.